The maximum absolute atomic E-state index is 13.6. The topological polar surface area (TPSA) is 53.1 Å². The van der Waals surface area contributed by atoms with E-state index >= 15 is 0 Å². The van der Waals surface area contributed by atoms with E-state index in [1.807, 2.05) is 29.8 Å². The van der Waals surface area contributed by atoms with Crippen LogP contribution in [-0.4, -0.2) is 16.7 Å². The standard InChI is InChI=1S/C15H14FN3O/c1-19-13-7-6-9(20-2)8-12(13)18-15(19)10-4-3-5-11(16)14(10)17/h3-8H,17H2,1-2H3. The lowest BCUT2D eigenvalue weighted by Crippen LogP contribution is -1.99. The van der Waals surface area contributed by atoms with Crippen LogP contribution in [0.5, 0.6) is 5.75 Å². The van der Waals surface area contributed by atoms with Gasteiger partial charge in [0.1, 0.15) is 17.4 Å². The van der Waals surface area contributed by atoms with Crippen LogP contribution in [0.3, 0.4) is 0 Å². The second kappa shape index (κ2) is 4.52. The average molecular weight is 271 g/mol. The van der Waals surface area contributed by atoms with E-state index in [4.69, 9.17) is 10.5 Å². The van der Waals surface area contributed by atoms with E-state index < -0.39 is 5.82 Å². The number of halogens is 1. The molecule has 0 radical (unpaired) electrons. The van der Waals surface area contributed by atoms with Gasteiger partial charge in [0.05, 0.1) is 23.8 Å². The summed E-state index contributed by atoms with van der Waals surface area (Å²) in [5.41, 5.74) is 8.22. The first-order valence-electron chi connectivity index (χ1n) is 6.16. The lowest BCUT2D eigenvalue weighted by atomic mass is 10.1. The van der Waals surface area contributed by atoms with Crippen molar-refractivity contribution in [1.82, 2.24) is 9.55 Å². The fourth-order valence-corrected chi connectivity index (χ4v) is 2.28. The third-order valence-corrected chi connectivity index (χ3v) is 3.38. The van der Waals surface area contributed by atoms with Crippen LogP contribution in [0, 0.1) is 5.82 Å². The highest BCUT2D eigenvalue weighted by Crippen LogP contribution is 2.30. The summed E-state index contributed by atoms with van der Waals surface area (Å²) in [6.07, 6.45) is 0. The molecule has 0 fully saturated rings. The Hall–Kier alpha value is -2.56. The van der Waals surface area contributed by atoms with Gasteiger partial charge >= 0.3 is 0 Å². The van der Waals surface area contributed by atoms with E-state index in [-0.39, 0.29) is 5.69 Å². The molecule has 5 heteroatoms. The van der Waals surface area contributed by atoms with Crippen LogP contribution < -0.4 is 10.5 Å². The van der Waals surface area contributed by atoms with Crippen molar-refractivity contribution >= 4 is 16.7 Å². The summed E-state index contributed by atoms with van der Waals surface area (Å²) in [6, 6.07) is 10.3. The molecule has 0 aliphatic rings. The first-order valence-corrected chi connectivity index (χ1v) is 6.16. The van der Waals surface area contributed by atoms with Gasteiger partial charge in [0, 0.05) is 18.7 Å². The van der Waals surface area contributed by atoms with E-state index in [0.29, 0.717) is 11.4 Å². The molecule has 0 unspecified atom stereocenters. The number of hydrogen-bond donors (Lipinski definition) is 1. The molecule has 0 saturated heterocycles. The Kier molecular flexibility index (Phi) is 2.82. The number of imidazole rings is 1. The van der Waals surface area contributed by atoms with Crippen molar-refractivity contribution in [1.29, 1.82) is 0 Å². The van der Waals surface area contributed by atoms with E-state index in [9.17, 15) is 4.39 Å². The van der Waals surface area contributed by atoms with Gasteiger partial charge in [-0.05, 0) is 24.3 Å². The van der Waals surface area contributed by atoms with Gasteiger partial charge in [-0.1, -0.05) is 6.07 Å². The molecular weight excluding hydrogens is 257 g/mol. The highest BCUT2D eigenvalue weighted by molar-refractivity contribution is 5.84. The molecule has 102 valence electrons. The number of nitrogen functional groups attached to an aromatic ring is 1. The van der Waals surface area contributed by atoms with Crippen LogP contribution >= 0.6 is 0 Å². The third-order valence-electron chi connectivity index (χ3n) is 3.38. The number of fused-ring (bicyclic) bond motifs is 1. The minimum Gasteiger partial charge on any atom is -0.497 e. The Morgan fingerprint density at radius 1 is 1.25 bits per heavy atom. The second-order valence-electron chi connectivity index (χ2n) is 4.55. The molecule has 0 aliphatic carbocycles. The van der Waals surface area contributed by atoms with Crippen molar-refractivity contribution in [2.24, 2.45) is 7.05 Å². The molecule has 0 amide bonds. The first kappa shape index (κ1) is 12.5. The van der Waals surface area contributed by atoms with Gasteiger partial charge in [0.15, 0.2) is 0 Å². The minimum absolute atomic E-state index is 0.109. The summed E-state index contributed by atoms with van der Waals surface area (Å²) in [6.45, 7) is 0. The fourth-order valence-electron chi connectivity index (χ4n) is 2.28. The zero-order chi connectivity index (χ0) is 14.3. The lowest BCUT2D eigenvalue weighted by molar-refractivity contribution is 0.415. The van der Waals surface area contributed by atoms with Crippen molar-refractivity contribution in [2.75, 3.05) is 12.8 Å². The van der Waals surface area contributed by atoms with E-state index in [2.05, 4.69) is 4.98 Å². The van der Waals surface area contributed by atoms with Gasteiger partial charge in [0.2, 0.25) is 0 Å². The van der Waals surface area contributed by atoms with Crippen LogP contribution in [0.4, 0.5) is 10.1 Å². The van der Waals surface area contributed by atoms with Crippen LogP contribution in [0.2, 0.25) is 0 Å². The Bertz CT molecular complexity index is 795. The molecule has 2 aromatic carbocycles. The molecule has 4 nitrogen and oxygen atoms in total. The molecule has 0 saturated carbocycles. The number of nitrogens with two attached hydrogens (primary N) is 1. The number of methoxy groups -OCH3 is 1. The molecule has 0 spiro atoms. The number of nitrogens with zero attached hydrogens (tertiary/aromatic N) is 2. The molecule has 3 aromatic rings. The molecule has 1 aromatic heterocycles. The summed E-state index contributed by atoms with van der Waals surface area (Å²) >= 11 is 0. The van der Waals surface area contributed by atoms with Gasteiger partial charge < -0.3 is 15.0 Å². The number of hydrogen-bond acceptors (Lipinski definition) is 3. The Morgan fingerprint density at radius 3 is 2.80 bits per heavy atom. The van der Waals surface area contributed by atoms with Gasteiger partial charge in [-0.15, -0.1) is 0 Å². The summed E-state index contributed by atoms with van der Waals surface area (Å²) in [5, 5.41) is 0. The highest BCUT2D eigenvalue weighted by atomic mass is 19.1. The average Bonchev–Trinajstić information content (AvgIpc) is 2.78. The maximum Gasteiger partial charge on any atom is 0.146 e. The third kappa shape index (κ3) is 1.79. The molecule has 3 rings (SSSR count). The summed E-state index contributed by atoms with van der Waals surface area (Å²) in [7, 11) is 3.48. The molecule has 20 heavy (non-hydrogen) atoms. The predicted octanol–water partition coefficient (Wildman–Crippen LogP) is 2.97. The highest BCUT2D eigenvalue weighted by Gasteiger charge is 2.14. The summed E-state index contributed by atoms with van der Waals surface area (Å²) in [5.74, 6) is 0.923. The van der Waals surface area contributed by atoms with Crippen LogP contribution in [0.1, 0.15) is 0 Å². The Labute approximate surface area is 115 Å². The molecule has 0 atom stereocenters. The zero-order valence-corrected chi connectivity index (χ0v) is 11.2. The zero-order valence-electron chi connectivity index (χ0n) is 11.2. The van der Waals surface area contributed by atoms with E-state index in [0.717, 1.165) is 16.8 Å². The largest absolute Gasteiger partial charge is 0.497 e. The second-order valence-corrected chi connectivity index (χ2v) is 4.55. The van der Waals surface area contributed by atoms with Gasteiger partial charge in [0.25, 0.3) is 0 Å². The lowest BCUT2D eigenvalue weighted by Gasteiger charge is -2.06. The number of benzene rings is 2. The molecular formula is C15H14FN3O. The summed E-state index contributed by atoms with van der Waals surface area (Å²) in [4.78, 5) is 4.53. The first-order chi connectivity index (χ1) is 9.61. The number of aromatic nitrogens is 2. The van der Waals surface area contributed by atoms with E-state index in [1.54, 1.807) is 19.2 Å². The smallest absolute Gasteiger partial charge is 0.146 e. The number of aryl methyl sites for hydroxylation is 1. The van der Waals surface area contributed by atoms with Crippen molar-refractivity contribution < 1.29 is 9.13 Å². The van der Waals surface area contributed by atoms with Gasteiger partial charge in [-0.3, -0.25) is 0 Å². The summed E-state index contributed by atoms with van der Waals surface area (Å²) < 4.78 is 20.7. The molecule has 2 N–H and O–H groups in total. The SMILES string of the molecule is COc1ccc2c(c1)nc(-c1cccc(F)c1N)n2C. The molecule has 0 aliphatic heterocycles. The van der Waals surface area contributed by atoms with Gasteiger partial charge in [-0.2, -0.15) is 0 Å². The van der Waals surface area contributed by atoms with E-state index in [1.165, 1.54) is 6.07 Å². The molecule has 1 heterocycles. The monoisotopic (exact) mass is 271 g/mol. The van der Waals surface area contributed by atoms with Crippen molar-refractivity contribution in [2.45, 2.75) is 0 Å². The van der Waals surface area contributed by atoms with Gasteiger partial charge in [-0.25, -0.2) is 9.37 Å². The van der Waals surface area contributed by atoms with Crippen molar-refractivity contribution in [3.05, 3.63) is 42.2 Å². The maximum atomic E-state index is 13.6. The van der Waals surface area contributed by atoms with Crippen LogP contribution in [-0.2, 0) is 7.05 Å². The number of anilines is 1. The van der Waals surface area contributed by atoms with Crippen molar-refractivity contribution in [3.63, 3.8) is 0 Å². The minimum atomic E-state index is -0.438. The number of rotatable bonds is 2. The Morgan fingerprint density at radius 2 is 2.05 bits per heavy atom. The number of para-hydroxylation sites is 1. The Balaban J connectivity index is 2.26. The fraction of sp³-hybridized carbons (Fsp3) is 0.133. The predicted molar refractivity (Wildman–Crippen MR) is 77.1 cm³/mol. The normalized spacial score (nSPS) is 10.9. The van der Waals surface area contributed by atoms with Crippen LogP contribution in [0.25, 0.3) is 22.4 Å². The number of ether oxygens (including phenoxy) is 1. The quantitative estimate of drug-likeness (QED) is 0.729. The van der Waals surface area contributed by atoms with Crippen LogP contribution in [0.15, 0.2) is 36.4 Å². The van der Waals surface area contributed by atoms with Crippen molar-refractivity contribution in [3.8, 4) is 17.1 Å². The molecule has 0 bridgehead atoms.